The smallest absolute Gasteiger partial charge is 0.307 e. The van der Waals surface area contributed by atoms with Gasteiger partial charge in [-0.25, -0.2) is 0 Å². The highest BCUT2D eigenvalue weighted by molar-refractivity contribution is 9.06. The lowest BCUT2D eigenvalue weighted by atomic mass is 10.3. The van der Waals surface area contributed by atoms with Gasteiger partial charge in [-0.2, -0.15) is 11.7 Å². The Morgan fingerprint density at radius 2 is 1.75 bits per heavy atom. The third kappa shape index (κ3) is 1.96. The quantitative estimate of drug-likeness (QED) is 0.865. The fourth-order valence-electron chi connectivity index (χ4n) is 0.649. The van der Waals surface area contributed by atoms with Gasteiger partial charge >= 0.3 is 10.1 Å². The van der Waals surface area contributed by atoms with Crippen molar-refractivity contribution >= 4 is 26.4 Å². The molecule has 1 rings (SSSR count). The Morgan fingerprint density at radius 1 is 1.25 bits per heavy atom. The highest BCUT2D eigenvalue weighted by atomic mass is 79.9. The molecule has 0 unspecified atom stereocenters. The summed E-state index contributed by atoms with van der Waals surface area (Å²) in [6.45, 7) is 0. The zero-order valence-corrected chi connectivity index (χ0v) is 8.17. The minimum absolute atomic E-state index is 0.00326. The monoisotopic (exact) mass is 252 g/mol. The van der Waals surface area contributed by atoms with E-state index in [1.54, 1.807) is 0 Å². The van der Waals surface area contributed by atoms with Crippen molar-refractivity contribution in [2.45, 2.75) is 4.90 Å². The molecule has 0 atom stereocenters. The number of benzene rings is 1. The van der Waals surface area contributed by atoms with Crippen LogP contribution in [0.2, 0.25) is 0 Å². The van der Waals surface area contributed by atoms with Crippen LogP contribution in [0.5, 0.6) is 5.75 Å². The standard InChI is InChI=1S/C6H5BrO4S/c7-11-12(9,10)6-3-1-5(8)2-4-6/h1-4,8H. The molecule has 0 fully saturated rings. The Labute approximate surface area is 78.4 Å². The molecule has 1 aromatic rings. The second-order valence-electron chi connectivity index (χ2n) is 2.01. The number of phenolic OH excluding ortho intramolecular Hbond substituents is 1. The second-order valence-corrected chi connectivity index (χ2v) is 4.31. The van der Waals surface area contributed by atoms with Crippen LogP contribution < -0.4 is 0 Å². The molecule has 0 heterocycles. The molecule has 6 heteroatoms. The van der Waals surface area contributed by atoms with Gasteiger partial charge in [0, 0.05) is 0 Å². The van der Waals surface area contributed by atoms with Crippen LogP contribution in [-0.4, -0.2) is 13.5 Å². The summed E-state index contributed by atoms with van der Waals surface area (Å²) in [7, 11) is -3.71. The van der Waals surface area contributed by atoms with Crippen molar-refractivity contribution in [3.8, 4) is 5.75 Å². The van der Waals surface area contributed by atoms with Crippen LogP contribution in [0.25, 0.3) is 0 Å². The van der Waals surface area contributed by atoms with Gasteiger partial charge in [-0.1, -0.05) is 0 Å². The van der Waals surface area contributed by atoms with Crippen molar-refractivity contribution in [2.24, 2.45) is 0 Å². The van der Waals surface area contributed by atoms with Crippen LogP contribution in [0.3, 0.4) is 0 Å². The van der Waals surface area contributed by atoms with Gasteiger partial charge in [-0.15, -0.1) is 0 Å². The van der Waals surface area contributed by atoms with E-state index in [1.807, 2.05) is 0 Å². The Bertz CT molecular complexity index is 356. The first-order valence-corrected chi connectivity index (χ1v) is 4.96. The van der Waals surface area contributed by atoms with Crippen molar-refractivity contribution < 1.29 is 16.8 Å². The van der Waals surface area contributed by atoms with Gasteiger partial charge < -0.3 is 5.11 Å². The molecule has 1 N–H and O–H groups in total. The molecule has 0 radical (unpaired) electrons. The molecule has 0 bridgehead atoms. The van der Waals surface area contributed by atoms with E-state index in [4.69, 9.17) is 5.11 Å². The van der Waals surface area contributed by atoms with Crippen molar-refractivity contribution in [3.63, 3.8) is 0 Å². The summed E-state index contributed by atoms with van der Waals surface area (Å²) in [4.78, 5) is -0.0165. The Hall–Kier alpha value is -0.590. The van der Waals surface area contributed by atoms with Gasteiger partial charge in [0.05, 0.1) is 4.90 Å². The SMILES string of the molecule is O=S(=O)(OBr)c1ccc(O)cc1. The van der Waals surface area contributed by atoms with Gasteiger partial charge in [0.25, 0.3) is 0 Å². The maximum Gasteiger partial charge on any atom is 0.307 e. The Balaban J connectivity index is 3.14. The van der Waals surface area contributed by atoms with E-state index in [1.165, 1.54) is 24.3 Å². The van der Waals surface area contributed by atoms with Crippen LogP contribution in [0.4, 0.5) is 0 Å². The predicted molar refractivity (Wildman–Crippen MR) is 45.3 cm³/mol. The number of hydrogen-bond acceptors (Lipinski definition) is 4. The normalized spacial score (nSPS) is 11.4. The zero-order valence-electron chi connectivity index (χ0n) is 5.77. The van der Waals surface area contributed by atoms with E-state index >= 15 is 0 Å². The number of hydrogen-bond donors (Lipinski definition) is 1. The summed E-state index contributed by atoms with van der Waals surface area (Å²) in [5, 5.41) is 8.85. The summed E-state index contributed by atoms with van der Waals surface area (Å²) in [6, 6.07) is 5.01. The number of aromatic hydroxyl groups is 1. The van der Waals surface area contributed by atoms with E-state index in [0.717, 1.165) is 0 Å². The molecular formula is C6H5BrO4S. The lowest BCUT2D eigenvalue weighted by Crippen LogP contribution is -1.98. The maximum absolute atomic E-state index is 11.0. The highest BCUT2D eigenvalue weighted by Crippen LogP contribution is 2.17. The summed E-state index contributed by atoms with van der Waals surface area (Å²) in [5.41, 5.74) is 0. The molecule has 1 aromatic carbocycles. The van der Waals surface area contributed by atoms with Crippen LogP contribution in [-0.2, 0) is 13.4 Å². The first-order valence-electron chi connectivity index (χ1n) is 2.90. The lowest BCUT2D eigenvalue weighted by molar-refractivity contribution is 0.474. The van der Waals surface area contributed by atoms with Gasteiger partial charge in [-0.3, -0.25) is 0 Å². The minimum atomic E-state index is -3.71. The fourth-order valence-corrected chi connectivity index (χ4v) is 1.65. The van der Waals surface area contributed by atoms with Crippen LogP contribution >= 0.6 is 16.3 Å². The third-order valence-electron chi connectivity index (χ3n) is 1.21. The molecule has 12 heavy (non-hydrogen) atoms. The van der Waals surface area contributed by atoms with Crippen LogP contribution in [0, 0.1) is 0 Å². The number of phenols is 1. The van der Waals surface area contributed by atoms with E-state index in [2.05, 4.69) is 19.5 Å². The summed E-state index contributed by atoms with van der Waals surface area (Å²) < 4.78 is 26.0. The summed E-state index contributed by atoms with van der Waals surface area (Å²) in [5.74, 6) is 0.00326. The minimum Gasteiger partial charge on any atom is -0.508 e. The average molecular weight is 253 g/mol. The molecule has 0 aliphatic rings. The van der Waals surface area contributed by atoms with Crippen LogP contribution in [0.1, 0.15) is 0 Å². The average Bonchev–Trinajstić information content (AvgIpc) is 2.05. The van der Waals surface area contributed by atoms with E-state index in [0.29, 0.717) is 0 Å². The van der Waals surface area contributed by atoms with E-state index in [-0.39, 0.29) is 10.6 Å². The first-order chi connectivity index (χ1) is 5.56. The molecule has 0 saturated heterocycles. The van der Waals surface area contributed by atoms with Gasteiger partial charge in [-0.05, 0) is 24.3 Å². The first kappa shape index (κ1) is 9.50. The third-order valence-corrected chi connectivity index (χ3v) is 3.27. The number of rotatable bonds is 2. The Kier molecular flexibility index (Phi) is 2.71. The zero-order chi connectivity index (χ0) is 9.19. The van der Waals surface area contributed by atoms with Crippen molar-refractivity contribution in [2.75, 3.05) is 0 Å². The molecule has 4 nitrogen and oxygen atoms in total. The highest BCUT2D eigenvalue weighted by Gasteiger charge is 2.12. The largest absolute Gasteiger partial charge is 0.508 e. The molecule has 0 aliphatic carbocycles. The van der Waals surface area contributed by atoms with Gasteiger partial charge in [0.15, 0.2) is 0 Å². The second kappa shape index (κ2) is 3.42. The Morgan fingerprint density at radius 3 is 2.17 bits per heavy atom. The number of halogens is 1. The molecule has 0 amide bonds. The topological polar surface area (TPSA) is 63.6 Å². The van der Waals surface area contributed by atoms with Crippen molar-refractivity contribution in [3.05, 3.63) is 24.3 Å². The van der Waals surface area contributed by atoms with Crippen molar-refractivity contribution in [1.29, 1.82) is 0 Å². The molecule has 0 aromatic heterocycles. The summed E-state index contributed by atoms with van der Waals surface area (Å²) in [6.07, 6.45) is 0. The molecule has 0 saturated carbocycles. The molecule has 0 spiro atoms. The molecule has 66 valence electrons. The molecular weight excluding hydrogens is 248 g/mol. The van der Waals surface area contributed by atoms with Crippen molar-refractivity contribution in [1.82, 2.24) is 0 Å². The molecule has 0 aliphatic heterocycles. The van der Waals surface area contributed by atoms with Gasteiger partial charge in [0.1, 0.15) is 22.0 Å². The fraction of sp³-hybridized carbons (Fsp3) is 0. The van der Waals surface area contributed by atoms with E-state index in [9.17, 15) is 8.42 Å². The predicted octanol–water partition coefficient (Wildman–Crippen LogP) is 1.41. The summed E-state index contributed by atoms with van der Waals surface area (Å²) >= 11 is 2.38. The van der Waals surface area contributed by atoms with Crippen LogP contribution in [0.15, 0.2) is 29.2 Å². The lowest BCUT2D eigenvalue weighted by Gasteiger charge is -1.98. The van der Waals surface area contributed by atoms with Gasteiger partial charge in [0.2, 0.25) is 0 Å². The maximum atomic E-state index is 11.0. The van der Waals surface area contributed by atoms with E-state index < -0.39 is 10.1 Å².